The van der Waals surface area contributed by atoms with Crippen LogP contribution in [0.5, 0.6) is 0 Å². The second-order valence-electron chi connectivity index (χ2n) is 13.9. The zero-order chi connectivity index (χ0) is 35.2. The van der Waals surface area contributed by atoms with E-state index in [0.29, 0.717) is 0 Å². The highest BCUT2D eigenvalue weighted by Gasteiger charge is 2.52. The summed E-state index contributed by atoms with van der Waals surface area (Å²) in [6.45, 7) is 0. The van der Waals surface area contributed by atoms with Gasteiger partial charge in [-0.05, 0) is 86.0 Å². The molecule has 2 unspecified atom stereocenters. The molecular formula is C51H36N2. The first-order chi connectivity index (χ1) is 26.3. The molecule has 0 amide bonds. The lowest BCUT2D eigenvalue weighted by Crippen LogP contribution is -2.26. The smallest absolute Gasteiger partial charge is 0.0781 e. The van der Waals surface area contributed by atoms with Crippen molar-refractivity contribution in [1.29, 1.82) is 0 Å². The zero-order valence-electron chi connectivity index (χ0n) is 29.2. The SMILES string of the molecule is c1ccc(N=C(c2ccccc2)c2ccc3c(c2)C2(c4ccccc4-3)c3ccccc3-c3ccc(C(Nc4ccccc4)c4ccccc4)cc32)cc1. The Balaban J connectivity index is 1.23. The molecule has 1 spiro atoms. The summed E-state index contributed by atoms with van der Waals surface area (Å²) in [5.41, 5.74) is 17.5. The highest BCUT2D eigenvalue weighted by atomic mass is 14.9. The maximum atomic E-state index is 5.30. The van der Waals surface area contributed by atoms with Gasteiger partial charge in [0.25, 0.3) is 0 Å². The van der Waals surface area contributed by atoms with Crippen LogP contribution < -0.4 is 5.32 Å². The van der Waals surface area contributed by atoms with E-state index in [-0.39, 0.29) is 6.04 Å². The molecule has 250 valence electrons. The number of nitrogens with zero attached hydrogens (tertiary/aromatic N) is 1. The fourth-order valence-corrected chi connectivity index (χ4v) is 8.71. The molecule has 8 aromatic carbocycles. The van der Waals surface area contributed by atoms with E-state index in [0.717, 1.165) is 28.2 Å². The van der Waals surface area contributed by atoms with Gasteiger partial charge < -0.3 is 5.32 Å². The van der Waals surface area contributed by atoms with Crippen LogP contribution in [0.1, 0.15) is 50.5 Å². The van der Waals surface area contributed by atoms with Gasteiger partial charge in [0.1, 0.15) is 0 Å². The molecule has 0 aliphatic heterocycles. The standard InChI is InChI=1S/C51H36N2/c1-5-17-35(18-6-1)49(52-39-21-9-3-10-22-39)37-29-31-43-41-25-13-15-27-45(41)51(47(43)33-37)46-28-16-14-26-42(46)44-32-30-38(34-48(44)51)50(36-19-7-2-8-20-36)53-40-23-11-4-12-24-40/h1-34,49,52H. The fraction of sp³-hybridized carbons (Fsp3) is 0.0392. The molecule has 53 heavy (non-hydrogen) atoms. The molecule has 0 saturated heterocycles. The largest absolute Gasteiger partial charge is 0.374 e. The third kappa shape index (κ3) is 5.06. The van der Waals surface area contributed by atoms with Gasteiger partial charge in [0.15, 0.2) is 0 Å². The Bertz CT molecular complexity index is 2620. The topological polar surface area (TPSA) is 24.4 Å². The Morgan fingerprint density at radius 3 is 1.57 bits per heavy atom. The Hall–Kier alpha value is -6.77. The predicted octanol–water partition coefficient (Wildman–Crippen LogP) is 12.4. The number of para-hydroxylation sites is 2. The van der Waals surface area contributed by atoms with Gasteiger partial charge in [0.05, 0.1) is 22.9 Å². The quantitative estimate of drug-likeness (QED) is 0.167. The van der Waals surface area contributed by atoms with Gasteiger partial charge in [0.2, 0.25) is 0 Å². The lowest BCUT2D eigenvalue weighted by Gasteiger charge is -2.32. The summed E-state index contributed by atoms with van der Waals surface area (Å²) in [5, 5.41) is 3.89. The van der Waals surface area contributed by atoms with E-state index in [1.54, 1.807) is 0 Å². The lowest BCUT2D eigenvalue weighted by molar-refractivity contribution is 0.788. The summed E-state index contributed by atoms with van der Waals surface area (Å²) in [5.74, 6) is 0. The van der Waals surface area contributed by atoms with Gasteiger partial charge in [-0.3, -0.25) is 0 Å². The number of nitrogens with one attached hydrogen (secondary N) is 1. The van der Waals surface area contributed by atoms with Crippen LogP contribution in [0, 0.1) is 0 Å². The molecule has 0 radical (unpaired) electrons. The van der Waals surface area contributed by atoms with E-state index in [1.165, 1.54) is 55.6 Å². The minimum absolute atomic E-state index is 0.0465. The zero-order valence-corrected chi connectivity index (χ0v) is 29.2. The minimum Gasteiger partial charge on any atom is -0.374 e. The molecule has 0 aromatic heterocycles. The first-order valence-electron chi connectivity index (χ1n) is 18.3. The van der Waals surface area contributed by atoms with Crippen LogP contribution >= 0.6 is 0 Å². The van der Waals surface area contributed by atoms with Crippen LogP contribution in [0.15, 0.2) is 211 Å². The van der Waals surface area contributed by atoms with Crippen molar-refractivity contribution in [2.75, 3.05) is 5.32 Å². The first-order valence-corrected chi connectivity index (χ1v) is 18.3. The number of anilines is 1. The second-order valence-corrected chi connectivity index (χ2v) is 13.9. The van der Waals surface area contributed by atoms with Crippen molar-refractivity contribution < 1.29 is 0 Å². The summed E-state index contributed by atoms with van der Waals surface area (Å²) in [6, 6.07) is 74.4. The molecule has 0 heterocycles. The molecular weight excluding hydrogens is 641 g/mol. The molecule has 8 aromatic rings. The molecule has 1 N–H and O–H groups in total. The highest BCUT2D eigenvalue weighted by molar-refractivity contribution is 6.14. The average Bonchev–Trinajstić information content (AvgIpc) is 3.70. The van der Waals surface area contributed by atoms with E-state index in [9.17, 15) is 0 Å². The molecule has 2 aliphatic rings. The normalized spacial score (nSPS) is 15.7. The van der Waals surface area contributed by atoms with Gasteiger partial charge in [-0.25, -0.2) is 4.99 Å². The van der Waals surface area contributed by atoms with Crippen LogP contribution in [-0.4, -0.2) is 5.71 Å². The van der Waals surface area contributed by atoms with Gasteiger partial charge in [-0.2, -0.15) is 0 Å². The highest BCUT2D eigenvalue weighted by Crippen LogP contribution is 2.63. The van der Waals surface area contributed by atoms with E-state index >= 15 is 0 Å². The first kappa shape index (κ1) is 31.0. The number of hydrogen-bond acceptors (Lipinski definition) is 2. The minimum atomic E-state index is -0.508. The Morgan fingerprint density at radius 2 is 0.906 bits per heavy atom. The van der Waals surface area contributed by atoms with Gasteiger partial charge in [0, 0.05) is 16.8 Å². The molecule has 2 aliphatic carbocycles. The molecule has 2 nitrogen and oxygen atoms in total. The number of aliphatic imine (C=N–C) groups is 1. The second kappa shape index (κ2) is 12.8. The Morgan fingerprint density at radius 1 is 0.396 bits per heavy atom. The Labute approximate surface area is 310 Å². The molecule has 0 saturated carbocycles. The van der Waals surface area contributed by atoms with E-state index in [2.05, 4.69) is 206 Å². The van der Waals surface area contributed by atoms with Crippen molar-refractivity contribution in [3.63, 3.8) is 0 Å². The Kier molecular flexibility index (Phi) is 7.47. The third-order valence-corrected chi connectivity index (χ3v) is 11.0. The summed E-state index contributed by atoms with van der Waals surface area (Å²) >= 11 is 0. The summed E-state index contributed by atoms with van der Waals surface area (Å²) < 4.78 is 0. The number of hydrogen-bond donors (Lipinski definition) is 1. The third-order valence-electron chi connectivity index (χ3n) is 11.0. The summed E-state index contributed by atoms with van der Waals surface area (Å²) in [7, 11) is 0. The molecule has 10 rings (SSSR count). The molecule has 0 fully saturated rings. The molecule has 2 atom stereocenters. The number of rotatable bonds is 7. The van der Waals surface area contributed by atoms with Gasteiger partial charge >= 0.3 is 0 Å². The predicted molar refractivity (Wildman–Crippen MR) is 219 cm³/mol. The van der Waals surface area contributed by atoms with Crippen LogP contribution in [0.4, 0.5) is 11.4 Å². The molecule has 2 heteroatoms. The van der Waals surface area contributed by atoms with Crippen LogP contribution in [0.2, 0.25) is 0 Å². The van der Waals surface area contributed by atoms with Crippen molar-refractivity contribution in [3.05, 3.63) is 251 Å². The van der Waals surface area contributed by atoms with Gasteiger partial charge in [-0.15, -0.1) is 0 Å². The summed E-state index contributed by atoms with van der Waals surface area (Å²) in [4.78, 5) is 5.30. The van der Waals surface area contributed by atoms with Crippen molar-refractivity contribution in [3.8, 4) is 22.3 Å². The number of fused-ring (bicyclic) bond motifs is 10. The van der Waals surface area contributed by atoms with Crippen LogP contribution in [-0.2, 0) is 5.41 Å². The van der Waals surface area contributed by atoms with Crippen LogP contribution in [0.3, 0.4) is 0 Å². The lowest BCUT2D eigenvalue weighted by atomic mass is 9.70. The number of benzene rings is 8. The van der Waals surface area contributed by atoms with E-state index < -0.39 is 5.41 Å². The van der Waals surface area contributed by atoms with E-state index in [1.807, 2.05) is 6.07 Å². The van der Waals surface area contributed by atoms with Crippen molar-refractivity contribution in [2.45, 2.75) is 11.5 Å². The maximum Gasteiger partial charge on any atom is 0.0781 e. The fourth-order valence-electron chi connectivity index (χ4n) is 8.71. The van der Waals surface area contributed by atoms with Crippen molar-refractivity contribution in [1.82, 2.24) is 0 Å². The van der Waals surface area contributed by atoms with E-state index in [4.69, 9.17) is 4.99 Å². The monoisotopic (exact) mass is 676 g/mol. The molecule has 0 bridgehead atoms. The van der Waals surface area contributed by atoms with Crippen molar-refractivity contribution >= 4 is 17.1 Å². The average molecular weight is 677 g/mol. The maximum absolute atomic E-state index is 5.30. The summed E-state index contributed by atoms with van der Waals surface area (Å²) in [6.07, 6.45) is 0. The van der Waals surface area contributed by atoms with Crippen molar-refractivity contribution in [2.24, 2.45) is 4.99 Å². The van der Waals surface area contributed by atoms with Gasteiger partial charge in [-0.1, -0.05) is 176 Å². The van der Waals surface area contributed by atoms with Crippen LogP contribution in [0.25, 0.3) is 22.3 Å².